The van der Waals surface area contributed by atoms with Crippen LogP contribution in [0.25, 0.3) is 0 Å². The third-order valence-electron chi connectivity index (χ3n) is 2.84. The van der Waals surface area contributed by atoms with E-state index in [0.717, 1.165) is 0 Å². The van der Waals surface area contributed by atoms with Crippen molar-refractivity contribution in [1.82, 2.24) is 0 Å². The number of rotatable bonds is 0. The predicted molar refractivity (Wildman–Crippen MR) is 73.4 cm³/mol. The van der Waals surface area contributed by atoms with E-state index in [1.807, 2.05) is 0 Å². The highest BCUT2D eigenvalue weighted by Gasteiger charge is 2.17. The first kappa shape index (κ1) is 13.0. The summed E-state index contributed by atoms with van der Waals surface area (Å²) in [5, 5.41) is 0. The Hall–Kier alpha value is -1.04. The van der Waals surface area contributed by atoms with Crippen molar-refractivity contribution >= 4 is 0 Å². The van der Waals surface area contributed by atoms with Crippen LogP contribution in [0, 0.1) is 10.8 Å². The van der Waals surface area contributed by atoms with Crippen molar-refractivity contribution in [1.29, 1.82) is 0 Å². The SMILES string of the molecule is CC(C)(C)C1=C/C=C\C=C(C(C)(C)C)/C=C\1. The smallest absolute Gasteiger partial charge is 0.0132 e. The van der Waals surface area contributed by atoms with Crippen LogP contribution in [-0.4, -0.2) is 0 Å². The molecule has 0 amide bonds. The van der Waals surface area contributed by atoms with Crippen LogP contribution in [0.1, 0.15) is 41.5 Å². The molecule has 0 aliphatic heterocycles. The molecule has 0 atom stereocenters. The van der Waals surface area contributed by atoms with E-state index < -0.39 is 0 Å². The fourth-order valence-electron chi connectivity index (χ4n) is 1.61. The Labute approximate surface area is 100 Å². The van der Waals surface area contributed by atoms with Gasteiger partial charge in [-0.2, -0.15) is 0 Å². The van der Waals surface area contributed by atoms with E-state index in [1.165, 1.54) is 11.1 Å². The second kappa shape index (κ2) is 4.45. The van der Waals surface area contributed by atoms with E-state index in [1.54, 1.807) is 0 Å². The molecule has 0 fully saturated rings. The van der Waals surface area contributed by atoms with Crippen molar-refractivity contribution in [2.24, 2.45) is 10.8 Å². The second-order valence-electron chi connectivity index (χ2n) is 6.46. The van der Waals surface area contributed by atoms with Gasteiger partial charge in [0.2, 0.25) is 0 Å². The van der Waals surface area contributed by atoms with E-state index in [2.05, 4.69) is 78.0 Å². The maximum atomic E-state index is 2.25. The first-order chi connectivity index (χ1) is 7.21. The fourth-order valence-corrected chi connectivity index (χ4v) is 1.61. The summed E-state index contributed by atoms with van der Waals surface area (Å²) in [6, 6.07) is 0. The van der Waals surface area contributed by atoms with Gasteiger partial charge in [0.05, 0.1) is 0 Å². The zero-order valence-electron chi connectivity index (χ0n) is 11.5. The van der Waals surface area contributed by atoms with Gasteiger partial charge in [0.15, 0.2) is 0 Å². The maximum absolute atomic E-state index is 2.25. The average Bonchev–Trinajstić information content (AvgIpc) is 1.96. The fraction of sp³-hybridized carbons (Fsp3) is 0.500. The molecule has 0 radical (unpaired) electrons. The number of hydrogen-bond acceptors (Lipinski definition) is 0. The van der Waals surface area contributed by atoms with E-state index in [4.69, 9.17) is 0 Å². The van der Waals surface area contributed by atoms with Crippen molar-refractivity contribution in [2.75, 3.05) is 0 Å². The lowest BCUT2D eigenvalue weighted by atomic mass is 9.81. The van der Waals surface area contributed by atoms with Crippen LogP contribution in [0.15, 0.2) is 47.6 Å². The summed E-state index contributed by atoms with van der Waals surface area (Å²) in [5.41, 5.74) is 3.17. The van der Waals surface area contributed by atoms with Gasteiger partial charge in [0.25, 0.3) is 0 Å². The van der Waals surface area contributed by atoms with Crippen LogP contribution in [-0.2, 0) is 0 Å². The summed E-state index contributed by atoms with van der Waals surface area (Å²) in [4.78, 5) is 0. The summed E-state index contributed by atoms with van der Waals surface area (Å²) in [7, 11) is 0. The van der Waals surface area contributed by atoms with E-state index >= 15 is 0 Å². The van der Waals surface area contributed by atoms with Gasteiger partial charge in [-0.3, -0.25) is 0 Å². The molecule has 88 valence electrons. The van der Waals surface area contributed by atoms with Gasteiger partial charge in [0.1, 0.15) is 0 Å². The second-order valence-corrected chi connectivity index (χ2v) is 6.46. The molecule has 16 heavy (non-hydrogen) atoms. The highest BCUT2D eigenvalue weighted by molar-refractivity contribution is 5.39. The average molecular weight is 216 g/mol. The molecule has 1 rings (SSSR count). The Morgan fingerprint density at radius 2 is 0.938 bits per heavy atom. The molecule has 0 saturated carbocycles. The van der Waals surface area contributed by atoms with Crippen LogP contribution < -0.4 is 0 Å². The van der Waals surface area contributed by atoms with Crippen LogP contribution in [0.5, 0.6) is 0 Å². The van der Waals surface area contributed by atoms with E-state index in [0.29, 0.717) is 0 Å². The Morgan fingerprint density at radius 1 is 0.625 bits per heavy atom. The van der Waals surface area contributed by atoms with Gasteiger partial charge in [0, 0.05) is 0 Å². The summed E-state index contributed by atoms with van der Waals surface area (Å²) >= 11 is 0. The largest absolute Gasteiger partial charge is 0.0620 e. The van der Waals surface area contributed by atoms with Crippen LogP contribution in [0.3, 0.4) is 0 Å². The predicted octanol–water partition coefficient (Wildman–Crippen LogP) is 5.06. The van der Waals surface area contributed by atoms with Gasteiger partial charge < -0.3 is 0 Å². The number of allylic oxidation sites excluding steroid dienone is 8. The molecule has 0 nitrogen and oxygen atoms in total. The van der Waals surface area contributed by atoms with Gasteiger partial charge in [-0.15, -0.1) is 0 Å². The highest BCUT2D eigenvalue weighted by Crippen LogP contribution is 2.31. The van der Waals surface area contributed by atoms with Crippen molar-refractivity contribution in [3.8, 4) is 0 Å². The molecule has 0 aromatic heterocycles. The summed E-state index contributed by atoms with van der Waals surface area (Å²) in [6.45, 7) is 13.5. The molecule has 1 aliphatic carbocycles. The molecule has 0 bridgehead atoms. The lowest BCUT2D eigenvalue weighted by Crippen LogP contribution is -2.10. The molecular weight excluding hydrogens is 192 g/mol. The topological polar surface area (TPSA) is 0 Å². The van der Waals surface area contributed by atoms with E-state index in [-0.39, 0.29) is 10.8 Å². The minimum Gasteiger partial charge on any atom is -0.0620 e. The number of hydrogen-bond donors (Lipinski definition) is 0. The molecule has 0 spiro atoms. The highest BCUT2D eigenvalue weighted by atomic mass is 14.2. The van der Waals surface area contributed by atoms with Crippen molar-refractivity contribution < 1.29 is 0 Å². The lowest BCUT2D eigenvalue weighted by molar-refractivity contribution is 0.509. The Balaban J connectivity index is 3.04. The summed E-state index contributed by atoms with van der Waals surface area (Å²) in [6.07, 6.45) is 13.2. The molecule has 0 saturated heterocycles. The minimum absolute atomic E-state index is 0.209. The Kier molecular flexibility index (Phi) is 3.62. The van der Waals surface area contributed by atoms with Gasteiger partial charge in [-0.1, -0.05) is 78.0 Å². The standard InChI is InChI=1S/C16H24/c1-15(2,3)13-9-7-8-10-14(12-11-13)16(4,5)6/h7-12H,1-6H3/b8-7-,9-7?,10-8?,12-11-,13-9+,13-11?,14-10+,14-12?. The molecule has 0 heteroatoms. The Morgan fingerprint density at radius 3 is 1.19 bits per heavy atom. The van der Waals surface area contributed by atoms with Crippen molar-refractivity contribution in [3.05, 3.63) is 47.6 Å². The van der Waals surface area contributed by atoms with Crippen LogP contribution in [0.4, 0.5) is 0 Å². The van der Waals surface area contributed by atoms with Gasteiger partial charge in [-0.25, -0.2) is 0 Å². The quantitative estimate of drug-likeness (QED) is 0.531. The zero-order chi connectivity index (χ0) is 12.4. The molecule has 1 aliphatic rings. The maximum Gasteiger partial charge on any atom is -0.0132 e. The zero-order valence-corrected chi connectivity index (χ0v) is 11.5. The first-order valence-electron chi connectivity index (χ1n) is 5.99. The molecule has 0 aromatic rings. The molecule has 0 unspecified atom stereocenters. The van der Waals surface area contributed by atoms with Gasteiger partial charge >= 0.3 is 0 Å². The van der Waals surface area contributed by atoms with Crippen molar-refractivity contribution in [3.63, 3.8) is 0 Å². The monoisotopic (exact) mass is 216 g/mol. The first-order valence-corrected chi connectivity index (χ1v) is 5.99. The van der Waals surface area contributed by atoms with Crippen LogP contribution in [0.2, 0.25) is 0 Å². The molecular formula is C16H24. The molecule has 0 N–H and O–H groups in total. The van der Waals surface area contributed by atoms with Crippen LogP contribution >= 0.6 is 0 Å². The summed E-state index contributed by atoms with van der Waals surface area (Å²) < 4.78 is 0. The third kappa shape index (κ3) is 3.52. The Bertz CT molecular complexity index is 324. The molecule has 0 heterocycles. The normalized spacial score (nSPS) is 28.1. The van der Waals surface area contributed by atoms with Gasteiger partial charge in [-0.05, 0) is 22.0 Å². The minimum atomic E-state index is 0.209. The van der Waals surface area contributed by atoms with E-state index in [9.17, 15) is 0 Å². The molecule has 0 aromatic carbocycles. The van der Waals surface area contributed by atoms with Crippen molar-refractivity contribution in [2.45, 2.75) is 41.5 Å². The lowest BCUT2D eigenvalue weighted by Gasteiger charge is -2.24. The third-order valence-corrected chi connectivity index (χ3v) is 2.84. The summed E-state index contributed by atoms with van der Waals surface area (Å²) in [5.74, 6) is 0.